The lowest BCUT2D eigenvalue weighted by Gasteiger charge is -2.12. The first-order valence-electron chi connectivity index (χ1n) is 12.4. The largest absolute Gasteiger partial charge is 0.493 e. The fourth-order valence-corrected chi connectivity index (χ4v) is 5.23. The first-order valence-corrected chi connectivity index (χ1v) is 14.0. The number of hydrogen-bond acceptors (Lipinski definition) is 9. The molecule has 0 aliphatic heterocycles. The molecule has 0 saturated carbocycles. The molecule has 0 bridgehead atoms. The molecular weight excluding hydrogens is 598 g/mol. The number of ketones is 1. The van der Waals surface area contributed by atoms with Gasteiger partial charge >= 0.3 is 11.9 Å². The highest BCUT2D eigenvalue weighted by Gasteiger charge is 2.28. The van der Waals surface area contributed by atoms with Crippen LogP contribution in [0.3, 0.4) is 0 Å². The van der Waals surface area contributed by atoms with Crippen molar-refractivity contribution in [3.8, 4) is 17.6 Å². The van der Waals surface area contributed by atoms with Crippen molar-refractivity contribution in [1.82, 2.24) is 0 Å². The Kier molecular flexibility index (Phi) is 11.1. The zero-order valence-electron chi connectivity index (χ0n) is 22.5. The van der Waals surface area contributed by atoms with Crippen molar-refractivity contribution in [3.05, 3.63) is 84.5 Å². The molecule has 0 aliphatic rings. The predicted octanol–water partition coefficient (Wildman–Crippen LogP) is 6.48. The van der Waals surface area contributed by atoms with Gasteiger partial charge in [0.2, 0.25) is 0 Å². The number of allylic oxidation sites excluding steroid dienone is 1. The molecular formula is C30H28BrNO7S. The maximum atomic E-state index is 13.2. The number of esters is 2. The zero-order valence-corrected chi connectivity index (χ0v) is 24.9. The summed E-state index contributed by atoms with van der Waals surface area (Å²) in [6, 6.07) is 14.8. The van der Waals surface area contributed by atoms with Crippen molar-refractivity contribution in [2.24, 2.45) is 0 Å². The van der Waals surface area contributed by atoms with Crippen molar-refractivity contribution < 1.29 is 33.3 Å². The molecule has 0 N–H and O–H groups in total. The van der Waals surface area contributed by atoms with Crippen LogP contribution in [-0.2, 0) is 27.3 Å². The number of Topliss-reactive ketones (excluding diaryl/α,β-unsaturated/α-hetero) is 1. The summed E-state index contributed by atoms with van der Waals surface area (Å²) in [5.41, 5.74) is 1.94. The standard InChI is InChI=1S/C30H28BrNO7S/c1-5-37-29(34)27-18(3)28(30(35)38-6-2)40-26(27)15-23(33)21(16-32)13-20-9-12-24(25(14-20)36-4)39-17-19-7-10-22(31)11-8-19/h7-14H,5-6,15,17H2,1-4H3. The monoisotopic (exact) mass is 625 g/mol. The van der Waals surface area contributed by atoms with E-state index in [1.807, 2.05) is 30.3 Å². The topological polar surface area (TPSA) is 112 Å². The van der Waals surface area contributed by atoms with Gasteiger partial charge in [-0.2, -0.15) is 5.26 Å². The van der Waals surface area contributed by atoms with E-state index in [1.165, 1.54) is 13.2 Å². The lowest BCUT2D eigenvalue weighted by Crippen LogP contribution is -2.12. The molecule has 3 rings (SSSR count). The summed E-state index contributed by atoms with van der Waals surface area (Å²) in [5.74, 6) is -0.792. The van der Waals surface area contributed by atoms with Crippen LogP contribution in [0.1, 0.15) is 55.4 Å². The maximum absolute atomic E-state index is 13.2. The van der Waals surface area contributed by atoms with Crippen molar-refractivity contribution in [3.63, 3.8) is 0 Å². The zero-order chi connectivity index (χ0) is 29.2. The third-order valence-corrected chi connectivity index (χ3v) is 7.51. The van der Waals surface area contributed by atoms with Crippen LogP contribution in [0, 0.1) is 18.3 Å². The van der Waals surface area contributed by atoms with Gasteiger partial charge in [0.05, 0.1) is 31.5 Å². The Bertz CT molecular complexity index is 1470. The molecule has 208 valence electrons. The SMILES string of the molecule is CCOC(=O)c1sc(CC(=O)C(C#N)=Cc2ccc(OCc3ccc(Br)cc3)c(OC)c2)c(C(=O)OCC)c1C. The van der Waals surface area contributed by atoms with Gasteiger partial charge in [0.1, 0.15) is 17.6 Å². The van der Waals surface area contributed by atoms with Crippen LogP contribution in [0.5, 0.6) is 11.5 Å². The molecule has 0 saturated heterocycles. The maximum Gasteiger partial charge on any atom is 0.348 e. The van der Waals surface area contributed by atoms with E-state index in [2.05, 4.69) is 15.9 Å². The Labute approximate surface area is 245 Å². The lowest BCUT2D eigenvalue weighted by molar-refractivity contribution is -0.114. The number of hydrogen-bond donors (Lipinski definition) is 0. The Morgan fingerprint density at radius 1 is 1.00 bits per heavy atom. The van der Waals surface area contributed by atoms with Gasteiger partial charge in [0, 0.05) is 15.8 Å². The van der Waals surface area contributed by atoms with Gasteiger partial charge in [-0.3, -0.25) is 4.79 Å². The molecule has 2 aromatic carbocycles. The van der Waals surface area contributed by atoms with Gasteiger partial charge in [-0.05, 0) is 67.8 Å². The van der Waals surface area contributed by atoms with E-state index in [-0.39, 0.29) is 35.6 Å². The molecule has 0 amide bonds. The molecule has 0 spiro atoms. The molecule has 8 nitrogen and oxygen atoms in total. The average molecular weight is 627 g/mol. The minimum atomic E-state index is -0.638. The fourth-order valence-electron chi connectivity index (χ4n) is 3.78. The number of carbonyl (C=O) groups is 3. The number of benzene rings is 2. The summed E-state index contributed by atoms with van der Waals surface area (Å²) in [6.07, 6.45) is 1.18. The highest BCUT2D eigenvalue weighted by molar-refractivity contribution is 9.10. The molecule has 1 heterocycles. The average Bonchev–Trinajstić information content (AvgIpc) is 3.27. The smallest absolute Gasteiger partial charge is 0.348 e. The number of thiophene rings is 1. The third kappa shape index (κ3) is 7.58. The first-order chi connectivity index (χ1) is 19.2. The van der Waals surface area contributed by atoms with E-state index in [1.54, 1.807) is 39.0 Å². The second kappa shape index (κ2) is 14.4. The summed E-state index contributed by atoms with van der Waals surface area (Å²) in [6.45, 7) is 5.58. The van der Waals surface area contributed by atoms with Gasteiger partial charge in [-0.25, -0.2) is 9.59 Å². The molecule has 3 aromatic rings. The first kappa shape index (κ1) is 30.6. The third-order valence-electron chi connectivity index (χ3n) is 5.71. The Balaban J connectivity index is 1.85. The minimum Gasteiger partial charge on any atom is -0.493 e. The molecule has 0 aliphatic carbocycles. The highest BCUT2D eigenvalue weighted by Crippen LogP contribution is 2.32. The number of rotatable bonds is 12. The van der Waals surface area contributed by atoms with E-state index in [9.17, 15) is 19.6 Å². The van der Waals surface area contributed by atoms with E-state index < -0.39 is 17.7 Å². The molecule has 1 aromatic heterocycles. The number of nitriles is 1. The Hall–Kier alpha value is -3.94. The predicted molar refractivity (Wildman–Crippen MR) is 155 cm³/mol. The van der Waals surface area contributed by atoms with E-state index in [0.29, 0.717) is 34.1 Å². The highest BCUT2D eigenvalue weighted by atomic mass is 79.9. The second-order valence-electron chi connectivity index (χ2n) is 8.39. The second-order valence-corrected chi connectivity index (χ2v) is 10.4. The summed E-state index contributed by atoms with van der Waals surface area (Å²) < 4.78 is 22.6. The van der Waals surface area contributed by atoms with Crippen LogP contribution in [0.2, 0.25) is 0 Å². The summed E-state index contributed by atoms with van der Waals surface area (Å²) in [7, 11) is 1.50. The van der Waals surface area contributed by atoms with Crippen LogP contribution in [0.25, 0.3) is 6.08 Å². The minimum absolute atomic E-state index is 0.121. The molecule has 0 radical (unpaired) electrons. The number of carbonyl (C=O) groups excluding carboxylic acids is 3. The molecule has 10 heteroatoms. The molecule has 0 atom stereocenters. The quantitative estimate of drug-likeness (QED) is 0.128. The van der Waals surface area contributed by atoms with E-state index >= 15 is 0 Å². The van der Waals surface area contributed by atoms with E-state index in [4.69, 9.17) is 18.9 Å². The number of methoxy groups -OCH3 is 1. The fraction of sp³-hybridized carbons (Fsp3) is 0.267. The van der Waals surface area contributed by atoms with Crippen LogP contribution >= 0.6 is 27.3 Å². The van der Waals surface area contributed by atoms with Crippen LogP contribution < -0.4 is 9.47 Å². The number of halogens is 1. The van der Waals surface area contributed by atoms with Crippen LogP contribution in [-0.4, -0.2) is 38.0 Å². The molecule has 0 fully saturated rings. The Morgan fingerprint density at radius 2 is 1.68 bits per heavy atom. The van der Waals surface area contributed by atoms with Crippen molar-refractivity contribution in [2.75, 3.05) is 20.3 Å². The number of nitrogens with zero attached hydrogens (tertiary/aromatic N) is 1. The summed E-state index contributed by atoms with van der Waals surface area (Å²) in [4.78, 5) is 38.8. The normalized spacial score (nSPS) is 10.9. The van der Waals surface area contributed by atoms with Crippen molar-refractivity contribution in [1.29, 1.82) is 5.26 Å². The van der Waals surface area contributed by atoms with Gasteiger partial charge in [-0.1, -0.05) is 34.1 Å². The summed E-state index contributed by atoms with van der Waals surface area (Å²) in [5, 5.41) is 9.77. The summed E-state index contributed by atoms with van der Waals surface area (Å²) >= 11 is 4.40. The molecule has 40 heavy (non-hydrogen) atoms. The molecule has 0 unspecified atom stereocenters. The number of ether oxygens (including phenoxy) is 4. The lowest BCUT2D eigenvalue weighted by atomic mass is 10.0. The van der Waals surface area contributed by atoms with Gasteiger partial charge < -0.3 is 18.9 Å². The van der Waals surface area contributed by atoms with Gasteiger partial charge in [0.25, 0.3) is 0 Å². The van der Waals surface area contributed by atoms with Crippen LogP contribution in [0.4, 0.5) is 0 Å². The van der Waals surface area contributed by atoms with Crippen molar-refractivity contribution in [2.45, 2.75) is 33.8 Å². The van der Waals surface area contributed by atoms with Crippen LogP contribution in [0.15, 0.2) is 52.5 Å². The van der Waals surface area contributed by atoms with E-state index in [0.717, 1.165) is 21.4 Å². The van der Waals surface area contributed by atoms with Gasteiger partial charge in [0.15, 0.2) is 17.3 Å². The Morgan fingerprint density at radius 3 is 2.30 bits per heavy atom. The van der Waals surface area contributed by atoms with Crippen molar-refractivity contribution >= 4 is 51.1 Å². The van der Waals surface area contributed by atoms with Gasteiger partial charge in [-0.15, -0.1) is 11.3 Å².